The molecule has 0 aliphatic carbocycles. The fourth-order valence-corrected chi connectivity index (χ4v) is 4.35. The summed E-state index contributed by atoms with van der Waals surface area (Å²) in [5, 5.41) is 7.30. The van der Waals surface area contributed by atoms with Gasteiger partial charge >= 0.3 is 0 Å². The largest absolute Gasteiger partial charge is 0.321 e. The maximum atomic E-state index is 12.7. The van der Waals surface area contributed by atoms with E-state index in [1.807, 2.05) is 6.92 Å². The number of amides is 2. The zero-order valence-electron chi connectivity index (χ0n) is 16.9. The van der Waals surface area contributed by atoms with Gasteiger partial charge in [0, 0.05) is 18.2 Å². The topological polar surface area (TPSA) is 67.2 Å². The number of aromatic nitrogens is 2. The standard InChI is InChI=1S/C21H28N4O2S/c1-5-19(26)24-14-28-13-17(24)20(27)23-18-10-11-22-25(18)12-15-6-8-16(9-7-15)21(2,3)4/h6-11,17H,5,12-14H2,1-4H3,(H,23,27). The van der Waals surface area contributed by atoms with Crippen molar-refractivity contribution < 1.29 is 9.59 Å². The maximum Gasteiger partial charge on any atom is 0.249 e. The second kappa shape index (κ2) is 8.39. The van der Waals surface area contributed by atoms with Gasteiger partial charge in [0.05, 0.1) is 18.6 Å². The number of nitrogens with one attached hydrogen (secondary N) is 1. The van der Waals surface area contributed by atoms with Gasteiger partial charge in [-0.2, -0.15) is 5.10 Å². The van der Waals surface area contributed by atoms with Crippen LogP contribution in [0.4, 0.5) is 5.82 Å². The van der Waals surface area contributed by atoms with Crippen LogP contribution in [0.5, 0.6) is 0 Å². The second-order valence-electron chi connectivity index (χ2n) is 8.04. The van der Waals surface area contributed by atoms with Crippen molar-refractivity contribution in [3.05, 3.63) is 47.7 Å². The third-order valence-electron chi connectivity index (χ3n) is 4.93. The molecule has 2 amide bonds. The number of benzene rings is 1. The molecule has 2 aromatic rings. The SMILES string of the molecule is CCC(=O)N1CSCC1C(=O)Nc1ccnn1Cc1ccc(C(C)(C)C)cc1. The molecule has 1 fully saturated rings. The molecule has 0 saturated carbocycles. The molecule has 2 heterocycles. The molecule has 28 heavy (non-hydrogen) atoms. The Morgan fingerprint density at radius 1 is 1.21 bits per heavy atom. The van der Waals surface area contributed by atoms with Crippen molar-refractivity contribution >= 4 is 29.4 Å². The molecule has 1 unspecified atom stereocenters. The highest BCUT2D eigenvalue weighted by Gasteiger charge is 2.34. The molecule has 150 valence electrons. The summed E-state index contributed by atoms with van der Waals surface area (Å²) in [5.41, 5.74) is 2.51. The number of rotatable bonds is 5. The average Bonchev–Trinajstić information content (AvgIpc) is 3.30. The second-order valence-corrected chi connectivity index (χ2v) is 9.04. The highest BCUT2D eigenvalue weighted by Crippen LogP contribution is 2.24. The van der Waals surface area contributed by atoms with Crippen LogP contribution in [0.1, 0.15) is 45.2 Å². The smallest absolute Gasteiger partial charge is 0.249 e. The summed E-state index contributed by atoms with van der Waals surface area (Å²) in [7, 11) is 0. The summed E-state index contributed by atoms with van der Waals surface area (Å²) < 4.78 is 1.78. The Morgan fingerprint density at radius 3 is 2.57 bits per heavy atom. The van der Waals surface area contributed by atoms with E-state index in [0.29, 0.717) is 30.4 Å². The lowest BCUT2D eigenvalue weighted by Gasteiger charge is -2.22. The number of carbonyl (C=O) groups is 2. The van der Waals surface area contributed by atoms with Crippen molar-refractivity contribution in [1.82, 2.24) is 14.7 Å². The van der Waals surface area contributed by atoms with Crippen molar-refractivity contribution in [3.8, 4) is 0 Å². The lowest BCUT2D eigenvalue weighted by Crippen LogP contribution is -2.44. The molecule has 1 aromatic carbocycles. The van der Waals surface area contributed by atoms with Crippen molar-refractivity contribution in [2.75, 3.05) is 16.9 Å². The number of hydrogen-bond donors (Lipinski definition) is 1. The highest BCUT2D eigenvalue weighted by atomic mass is 32.2. The molecule has 1 N–H and O–H groups in total. The van der Waals surface area contributed by atoms with E-state index < -0.39 is 6.04 Å². The number of anilines is 1. The summed E-state index contributed by atoms with van der Waals surface area (Å²) in [4.78, 5) is 26.5. The van der Waals surface area contributed by atoms with Gasteiger partial charge in [-0.15, -0.1) is 11.8 Å². The molecule has 1 aromatic heterocycles. The van der Waals surface area contributed by atoms with Gasteiger partial charge in [-0.25, -0.2) is 4.68 Å². The Labute approximate surface area is 170 Å². The first-order valence-electron chi connectivity index (χ1n) is 9.59. The average molecular weight is 401 g/mol. The first kappa shape index (κ1) is 20.5. The molecule has 0 spiro atoms. The number of thioether (sulfide) groups is 1. The first-order valence-corrected chi connectivity index (χ1v) is 10.7. The maximum absolute atomic E-state index is 12.7. The van der Waals surface area contributed by atoms with Crippen molar-refractivity contribution in [1.29, 1.82) is 0 Å². The minimum atomic E-state index is -0.424. The zero-order valence-corrected chi connectivity index (χ0v) is 17.8. The van der Waals surface area contributed by atoms with Crippen molar-refractivity contribution in [2.45, 2.75) is 52.1 Å². The number of nitrogens with zero attached hydrogens (tertiary/aromatic N) is 3. The van der Waals surface area contributed by atoms with Gasteiger partial charge in [-0.3, -0.25) is 9.59 Å². The normalized spacial score (nSPS) is 17.0. The number of carbonyl (C=O) groups excluding carboxylic acids is 2. The van der Waals surface area contributed by atoms with Crippen LogP contribution < -0.4 is 5.32 Å². The molecule has 1 saturated heterocycles. The molecule has 1 aliphatic heterocycles. The van der Waals surface area contributed by atoms with E-state index in [0.717, 1.165) is 5.56 Å². The fourth-order valence-electron chi connectivity index (χ4n) is 3.17. The minimum absolute atomic E-state index is 0.0117. The Kier molecular flexibility index (Phi) is 6.13. The Balaban J connectivity index is 1.68. The van der Waals surface area contributed by atoms with Crippen molar-refractivity contribution in [3.63, 3.8) is 0 Å². The lowest BCUT2D eigenvalue weighted by atomic mass is 9.87. The predicted molar refractivity (Wildman–Crippen MR) is 113 cm³/mol. The minimum Gasteiger partial charge on any atom is -0.321 e. The van der Waals surface area contributed by atoms with Gasteiger partial charge in [0.2, 0.25) is 11.8 Å². The molecular formula is C21H28N4O2S. The summed E-state index contributed by atoms with van der Waals surface area (Å²) in [5.74, 6) is 1.70. The summed E-state index contributed by atoms with van der Waals surface area (Å²) in [6.45, 7) is 8.97. The van der Waals surface area contributed by atoms with Crippen LogP contribution in [0.25, 0.3) is 0 Å². The highest BCUT2D eigenvalue weighted by molar-refractivity contribution is 7.99. The first-order chi connectivity index (χ1) is 13.3. The van der Waals surface area contributed by atoms with E-state index in [-0.39, 0.29) is 17.2 Å². The van der Waals surface area contributed by atoms with E-state index in [2.05, 4.69) is 55.5 Å². The Hall–Kier alpha value is -2.28. The predicted octanol–water partition coefficient (Wildman–Crippen LogP) is 3.48. The fraction of sp³-hybridized carbons (Fsp3) is 0.476. The summed E-state index contributed by atoms with van der Waals surface area (Å²) >= 11 is 1.61. The van der Waals surface area contributed by atoms with E-state index in [4.69, 9.17) is 0 Å². The quantitative estimate of drug-likeness (QED) is 0.834. The lowest BCUT2D eigenvalue weighted by molar-refractivity contribution is -0.135. The monoisotopic (exact) mass is 400 g/mol. The Bertz CT molecular complexity index is 839. The third kappa shape index (κ3) is 4.58. The third-order valence-corrected chi connectivity index (χ3v) is 5.94. The van der Waals surface area contributed by atoms with Crippen LogP contribution in [0.2, 0.25) is 0 Å². The molecule has 0 radical (unpaired) electrons. The van der Waals surface area contributed by atoms with Gasteiger partial charge in [-0.05, 0) is 16.5 Å². The van der Waals surface area contributed by atoms with Crippen LogP contribution in [-0.2, 0) is 21.5 Å². The zero-order chi connectivity index (χ0) is 20.3. The van der Waals surface area contributed by atoms with Gasteiger partial charge in [0.15, 0.2) is 0 Å². The van der Waals surface area contributed by atoms with E-state index in [9.17, 15) is 9.59 Å². The molecular weight excluding hydrogens is 372 g/mol. The molecule has 3 rings (SSSR count). The van der Waals surface area contributed by atoms with E-state index >= 15 is 0 Å². The number of hydrogen-bond acceptors (Lipinski definition) is 4. The van der Waals surface area contributed by atoms with Crippen LogP contribution in [0, 0.1) is 0 Å². The van der Waals surface area contributed by atoms with Gasteiger partial charge in [-0.1, -0.05) is 52.0 Å². The Morgan fingerprint density at radius 2 is 1.93 bits per heavy atom. The molecule has 1 aliphatic rings. The van der Waals surface area contributed by atoms with Crippen LogP contribution in [0.3, 0.4) is 0 Å². The van der Waals surface area contributed by atoms with E-state index in [1.165, 1.54) is 5.56 Å². The molecule has 7 heteroatoms. The van der Waals surface area contributed by atoms with Gasteiger partial charge in [0.1, 0.15) is 11.9 Å². The molecule has 6 nitrogen and oxygen atoms in total. The van der Waals surface area contributed by atoms with Gasteiger partial charge < -0.3 is 10.2 Å². The molecule has 0 bridgehead atoms. The van der Waals surface area contributed by atoms with Gasteiger partial charge in [0.25, 0.3) is 0 Å². The van der Waals surface area contributed by atoms with Crippen LogP contribution in [0.15, 0.2) is 36.5 Å². The van der Waals surface area contributed by atoms with Crippen LogP contribution >= 0.6 is 11.8 Å². The summed E-state index contributed by atoms with van der Waals surface area (Å²) in [6, 6.07) is 9.84. The van der Waals surface area contributed by atoms with Crippen molar-refractivity contribution in [2.24, 2.45) is 0 Å². The van der Waals surface area contributed by atoms with Crippen LogP contribution in [-0.4, -0.2) is 44.2 Å². The van der Waals surface area contributed by atoms with E-state index in [1.54, 1.807) is 33.6 Å². The summed E-state index contributed by atoms with van der Waals surface area (Å²) in [6.07, 6.45) is 2.09. The molecule has 1 atom stereocenters.